The number of aryl methyl sites for hydroxylation is 2. The lowest BCUT2D eigenvalue weighted by Gasteiger charge is -2.02. The summed E-state index contributed by atoms with van der Waals surface area (Å²) >= 11 is 1.62. The minimum absolute atomic E-state index is 0.209. The second-order valence-corrected chi connectivity index (χ2v) is 4.88. The van der Waals surface area contributed by atoms with Crippen molar-refractivity contribution in [3.05, 3.63) is 35.1 Å². The maximum absolute atomic E-state index is 13.9. The number of aromatic nitrogens is 2. The van der Waals surface area contributed by atoms with Crippen LogP contribution in [0.1, 0.15) is 11.1 Å². The Bertz CT molecular complexity index is 561. The molecule has 1 aromatic heterocycles. The summed E-state index contributed by atoms with van der Waals surface area (Å²) in [6.07, 6.45) is 2.00. The summed E-state index contributed by atoms with van der Waals surface area (Å²) in [7, 11) is 1.88. The van der Waals surface area contributed by atoms with Crippen LogP contribution in [0.2, 0.25) is 0 Å². The molecule has 0 aliphatic carbocycles. The molecule has 0 amide bonds. The molecule has 0 aliphatic rings. The van der Waals surface area contributed by atoms with Crippen molar-refractivity contribution >= 4 is 11.8 Å². The van der Waals surface area contributed by atoms with Crippen LogP contribution in [0, 0.1) is 19.7 Å². The quantitative estimate of drug-likeness (QED) is 0.758. The van der Waals surface area contributed by atoms with Crippen LogP contribution >= 0.6 is 11.8 Å². The van der Waals surface area contributed by atoms with Crippen LogP contribution < -0.4 is 0 Å². The summed E-state index contributed by atoms with van der Waals surface area (Å²) in [4.78, 5) is 0. The van der Waals surface area contributed by atoms with E-state index in [1.54, 1.807) is 28.6 Å². The third kappa shape index (κ3) is 2.09. The van der Waals surface area contributed by atoms with Crippen molar-refractivity contribution in [3.8, 4) is 11.3 Å². The highest BCUT2D eigenvalue weighted by Crippen LogP contribution is 2.30. The van der Waals surface area contributed by atoms with E-state index in [9.17, 15) is 4.39 Å². The van der Waals surface area contributed by atoms with Gasteiger partial charge in [0, 0.05) is 18.2 Å². The molecule has 0 saturated heterocycles. The Morgan fingerprint density at radius 3 is 2.53 bits per heavy atom. The van der Waals surface area contributed by atoms with Crippen LogP contribution in [0.25, 0.3) is 11.3 Å². The molecule has 0 atom stereocenters. The zero-order chi connectivity index (χ0) is 12.6. The van der Waals surface area contributed by atoms with Crippen molar-refractivity contribution in [2.24, 2.45) is 7.05 Å². The first kappa shape index (κ1) is 12.2. The van der Waals surface area contributed by atoms with Gasteiger partial charge in [-0.2, -0.15) is 5.10 Å². The molecule has 2 nitrogen and oxygen atoms in total. The van der Waals surface area contributed by atoms with Crippen molar-refractivity contribution in [2.75, 3.05) is 6.26 Å². The fourth-order valence-corrected chi connectivity index (χ4v) is 2.68. The predicted octanol–water partition coefficient (Wildman–Crippen LogP) is 3.56. The van der Waals surface area contributed by atoms with Crippen LogP contribution in [-0.4, -0.2) is 16.0 Å². The average Bonchev–Trinajstić information content (AvgIpc) is 2.54. The van der Waals surface area contributed by atoms with Gasteiger partial charge >= 0.3 is 0 Å². The fourth-order valence-electron chi connectivity index (χ4n) is 1.97. The van der Waals surface area contributed by atoms with E-state index in [4.69, 9.17) is 0 Å². The lowest BCUT2D eigenvalue weighted by atomic mass is 10.1. The Kier molecular flexibility index (Phi) is 3.24. The van der Waals surface area contributed by atoms with Crippen LogP contribution in [-0.2, 0) is 7.05 Å². The maximum Gasteiger partial charge on any atom is 0.132 e. The van der Waals surface area contributed by atoms with E-state index >= 15 is 0 Å². The molecule has 0 spiro atoms. The predicted molar refractivity (Wildman–Crippen MR) is 69.9 cm³/mol. The highest BCUT2D eigenvalue weighted by atomic mass is 32.2. The summed E-state index contributed by atoms with van der Waals surface area (Å²) in [5.41, 5.74) is 3.26. The summed E-state index contributed by atoms with van der Waals surface area (Å²) in [6.45, 7) is 3.86. The van der Waals surface area contributed by atoms with E-state index in [1.807, 2.05) is 33.2 Å². The summed E-state index contributed by atoms with van der Waals surface area (Å²) < 4.78 is 15.7. The van der Waals surface area contributed by atoms with Gasteiger partial charge in [0.25, 0.3) is 0 Å². The van der Waals surface area contributed by atoms with Crippen molar-refractivity contribution in [2.45, 2.75) is 18.9 Å². The van der Waals surface area contributed by atoms with Crippen LogP contribution in [0.4, 0.5) is 4.39 Å². The Morgan fingerprint density at radius 2 is 2.00 bits per heavy atom. The van der Waals surface area contributed by atoms with Crippen molar-refractivity contribution in [1.29, 1.82) is 0 Å². The molecule has 0 saturated carbocycles. The molecule has 0 fully saturated rings. The number of rotatable bonds is 2. The van der Waals surface area contributed by atoms with Gasteiger partial charge in [-0.25, -0.2) is 4.39 Å². The standard InChI is InChI=1S/C13H15FN2S/c1-8-5-6-10(11(14)7-8)12-9(2)13(17-4)16(3)15-12/h5-7H,1-4H3. The molecule has 0 radical (unpaired) electrons. The monoisotopic (exact) mass is 250 g/mol. The number of thioether (sulfide) groups is 1. The van der Waals surface area contributed by atoms with Crippen LogP contribution in [0.15, 0.2) is 23.2 Å². The summed E-state index contributed by atoms with van der Waals surface area (Å²) in [6, 6.07) is 5.25. The van der Waals surface area contributed by atoms with E-state index in [-0.39, 0.29) is 5.82 Å². The Hall–Kier alpha value is -1.29. The number of nitrogens with zero attached hydrogens (tertiary/aromatic N) is 2. The minimum atomic E-state index is -0.209. The molecule has 2 aromatic rings. The molecule has 1 heterocycles. The second kappa shape index (κ2) is 4.53. The first-order valence-corrected chi connectivity index (χ1v) is 6.61. The number of halogens is 1. The zero-order valence-electron chi connectivity index (χ0n) is 10.4. The van der Waals surface area contributed by atoms with E-state index < -0.39 is 0 Å². The van der Waals surface area contributed by atoms with E-state index in [1.165, 1.54) is 0 Å². The molecule has 0 aliphatic heterocycles. The molecule has 0 N–H and O–H groups in total. The molecule has 0 unspecified atom stereocenters. The zero-order valence-corrected chi connectivity index (χ0v) is 11.2. The van der Waals surface area contributed by atoms with Crippen molar-refractivity contribution in [1.82, 2.24) is 9.78 Å². The molecule has 1 aromatic carbocycles. The SMILES string of the molecule is CSc1c(C)c(-c2ccc(C)cc2F)nn1C. The van der Waals surface area contributed by atoms with Crippen LogP contribution in [0.5, 0.6) is 0 Å². The normalized spacial score (nSPS) is 10.9. The fraction of sp³-hybridized carbons (Fsp3) is 0.308. The maximum atomic E-state index is 13.9. The third-order valence-electron chi connectivity index (χ3n) is 2.79. The van der Waals surface area contributed by atoms with Crippen LogP contribution in [0.3, 0.4) is 0 Å². The van der Waals surface area contributed by atoms with Gasteiger partial charge in [0.2, 0.25) is 0 Å². The number of hydrogen-bond acceptors (Lipinski definition) is 2. The van der Waals surface area contributed by atoms with E-state index in [0.717, 1.165) is 21.8 Å². The molecule has 0 bridgehead atoms. The lowest BCUT2D eigenvalue weighted by molar-refractivity contribution is 0.628. The minimum Gasteiger partial charge on any atom is -0.261 e. The highest BCUT2D eigenvalue weighted by molar-refractivity contribution is 7.98. The summed E-state index contributed by atoms with van der Waals surface area (Å²) in [5.74, 6) is -0.209. The average molecular weight is 250 g/mol. The smallest absolute Gasteiger partial charge is 0.132 e. The van der Waals surface area contributed by atoms with Gasteiger partial charge < -0.3 is 0 Å². The Balaban J connectivity index is 2.61. The molecule has 17 heavy (non-hydrogen) atoms. The molecular formula is C13H15FN2S. The van der Waals surface area contributed by atoms with Gasteiger partial charge in [-0.05, 0) is 37.8 Å². The van der Waals surface area contributed by atoms with Gasteiger partial charge in [-0.3, -0.25) is 4.68 Å². The molecule has 90 valence electrons. The molecule has 4 heteroatoms. The van der Waals surface area contributed by atoms with Crippen molar-refractivity contribution in [3.63, 3.8) is 0 Å². The topological polar surface area (TPSA) is 17.8 Å². The van der Waals surface area contributed by atoms with Gasteiger partial charge in [0.15, 0.2) is 0 Å². The number of benzene rings is 1. The van der Waals surface area contributed by atoms with Crippen molar-refractivity contribution < 1.29 is 4.39 Å². The molecular weight excluding hydrogens is 235 g/mol. The van der Waals surface area contributed by atoms with Gasteiger partial charge in [0.1, 0.15) is 5.82 Å². The van der Waals surface area contributed by atoms with Gasteiger partial charge in [-0.15, -0.1) is 11.8 Å². The summed E-state index contributed by atoms with van der Waals surface area (Å²) in [5, 5.41) is 5.47. The van der Waals surface area contributed by atoms with Gasteiger partial charge in [-0.1, -0.05) is 6.07 Å². The van der Waals surface area contributed by atoms with E-state index in [2.05, 4.69) is 5.10 Å². The second-order valence-electron chi connectivity index (χ2n) is 4.09. The first-order valence-electron chi connectivity index (χ1n) is 5.38. The highest BCUT2D eigenvalue weighted by Gasteiger charge is 2.16. The number of hydrogen-bond donors (Lipinski definition) is 0. The third-order valence-corrected chi connectivity index (χ3v) is 3.75. The van der Waals surface area contributed by atoms with E-state index in [0.29, 0.717) is 5.56 Å². The lowest BCUT2D eigenvalue weighted by Crippen LogP contribution is -1.92. The Morgan fingerprint density at radius 1 is 1.29 bits per heavy atom. The largest absolute Gasteiger partial charge is 0.261 e. The first-order chi connectivity index (χ1) is 8.04. The molecule has 2 rings (SSSR count). The van der Waals surface area contributed by atoms with Gasteiger partial charge in [0.05, 0.1) is 10.7 Å². The Labute approximate surface area is 105 Å².